The van der Waals surface area contributed by atoms with Crippen LogP contribution in [0.25, 0.3) is 6.08 Å². The standard InChI is InChI=1S/C29H38O6/c1-3-5-6-7-8-9-10-11-12-13-29(33)35-24-17-14-22(28(21-24)34-4-2)15-19-26(31)25-18-16-23(30)20-27(25)32/h14-21,30,32H,3-13H2,1-2H3. The van der Waals surface area contributed by atoms with E-state index >= 15 is 0 Å². The minimum atomic E-state index is -0.415. The Bertz CT molecular complexity index is 979. The summed E-state index contributed by atoms with van der Waals surface area (Å²) >= 11 is 0. The fraction of sp³-hybridized carbons (Fsp3) is 0.448. The Balaban J connectivity index is 1.86. The lowest BCUT2D eigenvalue weighted by atomic mass is 10.1. The van der Waals surface area contributed by atoms with Crippen molar-refractivity contribution in [2.75, 3.05) is 6.61 Å². The van der Waals surface area contributed by atoms with E-state index in [4.69, 9.17) is 9.47 Å². The first-order chi connectivity index (χ1) is 16.9. The fourth-order valence-electron chi connectivity index (χ4n) is 3.74. The molecule has 0 fully saturated rings. The van der Waals surface area contributed by atoms with Crippen molar-refractivity contribution in [1.29, 1.82) is 0 Å². The Morgan fingerprint density at radius 1 is 0.857 bits per heavy atom. The van der Waals surface area contributed by atoms with E-state index in [2.05, 4.69) is 6.92 Å². The number of unbranched alkanes of at least 4 members (excludes halogenated alkanes) is 8. The molecule has 2 aromatic rings. The lowest BCUT2D eigenvalue weighted by Gasteiger charge is -2.10. The van der Waals surface area contributed by atoms with Gasteiger partial charge in [0.25, 0.3) is 0 Å². The number of phenols is 2. The van der Waals surface area contributed by atoms with E-state index in [0.29, 0.717) is 30.1 Å². The third-order valence-electron chi connectivity index (χ3n) is 5.66. The summed E-state index contributed by atoms with van der Waals surface area (Å²) in [5.41, 5.74) is 0.719. The first-order valence-electron chi connectivity index (χ1n) is 12.7. The number of benzene rings is 2. The van der Waals surface area contributed by atoms with Crippen LogP contribution >= 0.6 is 0 Å². The number of ether oxygens (including phenoxy) is 2. The van der Waals surface area contributed by atoms with Crippen molar-refractivity contribution in [3.63, 3.8) is 0 Å². The Hall–Kier alpha value is -3.28. The molecule has 0 atom stereocenters. The van der Waals surface area contributed by atoms with Crippen molar-refractivity contribution < 1.29 is 29.3 Å². The number of rotatable bonds is 16. The zero-order chi connectivity index (χ0) is 25.5. The number of ketones is 1. The largest absolute Gasteiger partial charge is 0.508 e. The van der Waals surface area contributed by atoms with Gasteiger partial charge in [-0.25, -0.2) is 0 Å². The molecule has 0 aliphatic heterocycles. The van der Waals surface area contributed by atoms with Crippen LogP contribution in [-0.2, 0) is 4.79 Å². The summed E-state index contributed by atoms with van der Waals surface area (Å²) in [6, 6.07) is 8.83. The van der Waals surface area contributed by atoms with Crippen LogP contribution in [0.3, 0.4) is 0 Å². The maximum Gasteiger partial charge on any atom is 0.311 e. The van der Waals surface area contributed by atoms with Gasteiger partial charge in [0.1, 0.15) is 23.0 Å². The topological polar surface area (TPSA) is 93.1 Å². The smallest absolute Gasteiger partial charge is 0.311 e. The van der Waals surface area contributed by atoms with E-state index in [1.54, 1.807) is 24.3 Å². The highest BCUT2D eigenvalue weighted by atomic mass is 16.5. The lowest BCUT2D eigenvalue weighted by Crippen LogP contribution is -2.08. The Labute approximate surface area is 208 Å². The summed E-state index contributed by atoms with van der Waals surface area (Å²) in [7, 11) is 0. The van der Waals surface area contributed by atoms with E-state index in [1.807, 2.05) is 6.92 Å². The van der Waals surface area contributed by atoms with E-state index < -0.39 is 5.78 Å². The van der Waals surface area contributed by atoms with E-state index in [0.717, 1.165) is 25.3 Å². The minimum Gasteiger partial charge on any atom is -0.508 e. The molecule has 35 heavy (non-hydrogen) atoms. The average molecular weight is 483 g/mol. The quantitative estimate of drug-likeness (QED) is 0.0862. The second kappa shape index (κ2) is 15.6. The summed E-state index contributed by atoms with van der Waals surface area (Å²) in [4.78, 5) is 24.7. The van der Waals surface area contributed by atoms with Gasteiger partial charge in [0.05, 0.1) is 12.2 Å². The number of hydrogen-bond donors (Lipinski definition) is 2. The number of hydrogen-bond acceptors (Lipinski definition) is 6. The van der Waals surface area contributed by atoms with Crippen molar-refractivity contribution in [2.24, 2.45) is 0 Å². The first-order valence-corrected chi connectivity index (χ1v) is 12.7. The minimum absolute atomic E-state index is 0.0825. The number of aromatic hydroxyl groups is 2. The molecule has 2 rings (SSSR count). The van der Waals surface area contributed by atoms with Crippen LogP contribution in [0.15, 0.2) is 42.5 Å². The number of phenolic OH excluding ortho intramolecular Hbond substituents is 2. The predicted molar refractivity (Wildman–Crippen MR) is 138 cm³/mol. The molecule has 0 unspecified atom stereocenters. The highest BCUT2D eigenvalue weighted by Crippen LogP contribution is 2.28. The number of esters is 1. The highest BCUT2D eigenvalue weighted by molar-refractivity contribution is 6.08. The Kier molecular flexibility index (Phi) is 12.5. The molecule has 0 bridgehead atoms. The number of carbonyl (C=O) groups excluding carboxylic acids is 2. The predicted octanol–water partition coefficient (Wildman–Crippen LogP) is 7.22. The third kappa shape index (κ3) is 10.3. The molecule has 6 nitrogen and oxygen atoms in total. The van der Waals surface area contributed by atoms with Gasteiger partial charge in [0, 0.05) is 24.1 Å². The highest BCUT2D eigenvalue weighted by Gasteiger charge is 2.11. The van der Waals surface area contributed by atoms with Gasteiger partial charge >= 0.3 is 5.97 Å². The van der Waals surface area contributed by atoms with E-state index in [-0.39, 0.29) is 23.0 Å². The molecule has 0 heterocycles. The molecule has 0 saturated heterocycles. The summed E-state index contributed by atoms with van der Waals surface area (Å²) < 4.78 is 11.1. The van der Waals surface area contributed by atoms with Crippen molar-refractivity contribution >= 4 is 17.8 Å². The maximum absolute atomic E-state index is 12.4. The molecule has 6 heteroatoms. The van der Waals surface area contributed by atoms with Crippen molar-refractivity contribution in [3.05, 3.63) is 53.6 Å². The van der Waals surface area contributed by atoms with E-state index in [9.17, 15) is 19.8 Å². The molecule has 0 aliphatic rings. The lowest BCUT2D eigenvalue weighted by molar-refractivity contribution is -0.134. The van der Waals surface area contributed by atoms with Gasteiger partial charge in [-0.2, -0.15) is 0 Å². The fourth-order valence-corrected chi connectivity index (χ4v) is 3.74. The zero-order valence-corrected chi connectivity index (χ0v) is 20.9. The molecular weight excluding hydrogens is 444 g/mol. The summed E-state index contributed by atoms with van der Waals surface area (Å²) in [6.45, 7) is 4.47. The van der Waals surface area contributed by atoms with Crippen LogP contribution in [0.5, 0.6) is 23.0 Å². The molecule has 0 saturated carbocycles. The molecule has 0 spiro atoms. The SMILES string of the molecule is CCCCCCCCCCCC(=O)Oc1ccc(C=CC(=O)c2ccc(O)cc2O)c(OCC)c1. The van der Waals surface area contributed by atoms with Crippen LogP contribution in [0.4, 0.5) is 0 Å². The monoisotopic (exact) mass is 482 g/mol. The molecule has 190 valence electrons. The van der Waals surface area contributed by atoms with Crippen LogP contribution in [0, 0.1) is 0 Å². The molecular formula is C29H38O6. The van der Waals surface area contributed by atoms with Gasteiger partial charge in [-0.15, -0.1) is 0 Å². The van der Waals surface area contributed by atoms with Crippen molar-refractivity contribution in [3.8, 4) is 23.0 Å². The van der Waals surface area contributed by atoms with Crippen molar-refractivity contribution in [2.45, 2.75) is 78.1 Å². The molecule has 2 N–H and O–H groups in total. The second-order valence-electron chi connectivity index (χ2n) is 8.58. The van der Waals surface area contributed by atoms with Gasteiger partial charge in [0.2, 0.25) is 0 Å². The Morgan fingerprint density at radius 3 is 2.20 bits per heavy atom. The maximum atomic E-state index is 12.4. The van der Waals surface area contributed by atoms with Gasteiger partial charge in [0.15, 0.2) is 5.78 Å². The average Bonchev–Trinajstić information content (AvgIpc) is 2.82. The van der Waals surface area contributed by atoms with Gasteiger partial charge < -0.3 is 19.7 Å². The normalized spacial score (nSPS) is 11.0. The van der Waals surface area contributed by atoms with Crippen LogP contribution in [-0.4, -0.2) is 28.6 Å². The van der Waals surface area contributed by atoms with Gasteiger partial charge in [-0.05, 0) is 49.8 Å². The number of allylic oxidation sites excluding steroid dienone is 1. The van der Waals surface area contributed by atoms with Gasteiger partial charge in [-0.1, -0.05) is 58.3 Å². The van der Waals surface area contributed by atoms with Gasteiger partial charge in [-0.3, -0.25) is 9.59 Å². The molecule has 0 amide bonds. The molecule has 0 aliphatic carbocycles. The van der Waals surface area contributed by atoms with E-state index in [1.165, 1.54) is 56.7 Å². The van der Waals surface area contributed by atoms with Crippen LogP contribution in [0.1, 0.15) is 94.0 Å². The molecule has 2 aromatic carbocycles. The third-order valence-corrected chi connectivity index (χ3v) is 5.66. The summed E-state index contributed by atoms with van der Waals surface area (Å²) in [5.74, 6) is -0.213. The Morgan fingerprint density at radius 2 is 1.54 bits per heavy atom. The molecule has 0 aromatic heterocycles. The summed E-state index contributed by atoms with van der Waals surface area (Å²) in [5, 5.41) is 19.3. The first kappa shape index (κ1) is 28.0. The van der Waals surface area contributed by atoms with Crippen LogP contribution < -0.4 is 9.47 Å². The second-order valence-corrected chi connectivity index (χ2v) is 8.58. The van der Waals surface area contributed by atoms with Crippen molar-refractivity contribution in [1.82, 2.24) is 0 Å². The number of carbonyl (C=O) groups is 2. The summed E-state index contributed by atoms with van der Waals surface area (Å²) in [6.07, 6.45) is 14.0. The van der Waals surface area contributed by atoms with Crippen LogP contribution in [0.2, 0.25) is 0 Å². The zero-order valence-electron chi connectivity index (χ0n) is 20.9. The molecule has 0 radical (unpaired) electrons.